The summed E-state index contributed by atoms with van der Waals surface area (Å²) in [6, 6.07) is 4.43. The highest BCUT2D eigenvalue weighted by Crippen LogP contribution is 2.28. The van der Waals surface area contributed by atoms with Gasteiger partial charge in [0.05, 0.1) is 22.4 Å². The summed E-state index contributed by atoms with van der Waals surface area (Å²) >= 11 is 5.92. The molecule has 4 N–H and O–H groups in total. The lowest BCUT2D eigenvalue weighted by atomic mass is 10.1. The first-order valence-electron chi connectivity index (χ1n) is 6.51. The van der Waals surface area contributed by atoms with E-state index in [0.29, 0.717) is 0 Å². The topological polar surface area (TPSA) is 125 Å². The molecule has 2 heterocycles. The quantitative estimate of drug-likeness (QED) is 0.558. The van der Waals surface area contributed by atoms with E-state index in [2.05, 4.69) is 5.10 Å². The number of hydrogen-bond acceptors (Lipinski definition) is 6. The zero-order valence-corrected chi connectivity index (χ0v) is 11.9. The summed E-state index contributed by atoms with van der Waals surface area (Å²) in [6.45, 7) is -0.535. The van der Waals surface area contributed by atoms with E-state index in [1.807, 2.05) is 0 Å². The Labute approximate surface area is 128 Å². The first-order chi connectivity index (χ1) is 10.5. The van der Waals surface area contributed by atoms with Crippen LogP contribution in [-0.4, -0.2) is 50.0 Å². The minimum atomic E-state index is -1.47. The van der Waals surface area contributed by atoms with E-state index in [0.717, 1.165) is 4.68 Å². The van der Waals surface area contributed by atoms with Gasteiger partial charge in [-0.1, -0.05) is 17.7 Å². The Morgan fingerprint density at radius 1 is 1.27 bits per heavy atom. The maximum Gasteiger partial charge on any atom is 0.275 e. The summed E-state index contributed by atoms with van der Waals surface area (Å²) < 4.78 is 6.04. The van der Waals surface area contributed by atoms with Gasteiger partial charge in [-0.3, -0.25) is 14.7 Å². The predicted molar refractivity (Wildman–Crippen MR) is 76.8 cm³/mol. The molecule has 1 aliphatic rings. The Hall–Kier alpha value is -1.71. The average Bonchev–Trinajstić information content (AvgIpc) is 2.78. The molecule has 0 aliphatic carbocycles. The van der Waals surface area contributed by atoms with Gasteiger partial charge in [0.2, 0.25) is 0 Å². The third-order valence-corrected chi connectivity index (χ3v) is 4.00. The third kappa shape index (κ3) is 2.16. The molecule has 1 saturated heterocycles. The molecule has 8 nitrogen and oxygen atoms in total. The fraction of sp³-hybridized carbons (Fsp3) is 0.385. The van der Waals surface area contributed by atoms with Crippen molar-refractivity contribution in [3.63, 3.8) is 0 Å². The number of benzene rings is 1. The van der Waals surface area contributed by atoms with Crippen LogP contribution in [0.15, 0.2) is 27.8 Å². The van der Waals surface area contributed by atoms with Gasteiger partial charge < -0.3 is 20.1 Å². The van der Waals surface area contributed by atoms with Gasteiger partial charge in [-0.25, -0.2) is 4.68 Å². The number of H-pyrrole nitrogens is 1. The van der Waals surface area contributed by atoms with Crippen LogP contribution in [0.4, 0.5) is 0 Å². The number of halogens is 1. The monoisotopic (exact) mass is 328 g/mol. The largest absolute Gasteiger partial charge is 0.394 e. The molecule has 0 radical (unpaired) electrons. The van der Waals surface area contributed by atoms with E-state index in [9.17, 15) is 19.8 Å². The highest BCUT2D eigenvalue weighted by molar-refractivity contribution is 6.35. The Morgan fingerprint density at radius 3 is 2.64 bits per heavy atom. The molecule has 1 aromatic heterocycles. The van der Waals surface area contributed by atoms with Crippen LogP contribution in [0.2, 0.25) is 5.02 Å². The molecule has 1 aromatic carbocycles. The van der Waals surface area contributed by atoms with E-state index in [1.165, 1.54) is 18.2 Å². The second-order valence-corrected chi connectivity index (χ2v) is 5.41. The second kappa shape index (κ2) is 5.49. The average molecular weight is 329 g/mol. The normalized spacial score (nSPS) is 28.4. The zero-order chi connectivity index (χ0) is 16.0. The van der Waals surface area contributed by atoms with Gasteiger partial charge in [0.25, 0.3) is 11.1 Å². The van der Waals surface area contributed by atoms with Gasteiger partial charge in [0.15, 0.2) is 6.23 Å². The summed E-state index contributed by atoms with van der Waals surface area (Å²) in [7, 11) is 0. The van der Waals surface area contributed by atoms with Crippen molar-refractivity contribution in [1.29, 1.82) is 0 Å². The van der Waals surface area contributed by atoms with E-state index < -0.39 is 42.3 Å². The van der Waals surface area contributed by atoms with Crippen molar-refractivity contribution in [2.45, 2.75) is 24.5 Å². The Balaban J connectivity index is 2.20. The molecule has 4 atom stereocenters. The zero-order valence-electron chi connectivity index (χ0n) is 11.1. The van der Waals surface area contributed by atoms with Gasteiger partial charge in [-0.2, -0.15) is 0 Å². The minimum absolute atomic E-state index is 0.0390. The Kier molecular flexibility index (Phi) is 3.79. The lowest BCUT2D eigenvalue weighted by Gasteiger charge is -2.17. The molecule has 22 heavy (non-hydrogen) atoms. The SMILES string of the molecule is O=c1[nH]n([C@@H]2O[C@H](CO)[C@@H](O)[C@H]2O)c(=O)c2cccc(Cl)c12. The lowest BCUT2D eigenvalue weighted by molar-refractivity contribution is -0.0609. The molecular formula is C13H13ClN2O6. The molecular weight excluding hydrogens is 316 g/mol. The highest BCUT2D eigenvalue weighted by atomic mass is 35.5. The van der Waals surface area contributed by atoms with Crippen LogP contribution < -0.4 is 11.1 Å². The number of nitrogens with one attached hydrogen (secondary N) is 1. The summed E-state index contributed by atoms with van der Waals surface area (Å²) in [5, 5.41) is 31.3. The first kappa shape index (κ1) is 15.2. The summed E-state index contributed by atoms with van der Waals surface area (Å²) in [5.41, 5.74) is -1.26. The predicted octanol–water partition coefficient (Wildman–Crippen LogP) is -1.05. The summed E-state index contributed by atoms with van der Waals surface area (Å²) in [5.74, 6) is 0. The molecule has 0 spiro atoms. The minimum Gasteiger partial charge on any atom is -0.394 e. The standard InChI is InChI=1S/C13H13ClN2O6/c14-6-3-1-2-5-8(6)11(20)15-16(12(5)21)13-10(19)9(18)7(4-17)22-13/h1-3,7,9-10,13,17-19H,4H2,(H,15,20)/t7-,9-,10-,13-/m1/s1. The van der Waals surface area contributed by atoms with Crippen molar-refractivity contribution in [2.24, 2.45) is 0 Å². The van der Waals surface area contributed by atoms with Crippen LogP contribution in [0, 0.1) is 0 Å². The van der Waals surface area contributed by atoms with Gasteiger partial charge in [-0.15, -0.1) is 0 Å². The molecule has 0 amide bonds. The molecule has 0 unspecified atom stereocenters. The van der Waals surface area contributed by atoms with Gasteiger partial charge in [-0.05, 0) is 12.1 Å². The van der Waals surface area contributed by atoms with Crippen molar-refractivity contribution < 1.29 is 20.1 Å². The number of aromatic amines is 1. The molecule has 118 valence electrons. The molecule has 0 saturated carbocycles. The molecule has 9 heteroatoms. The molecule has 1 aliphatic heterocycles. The Morgan fingerprint density at radius 2 is 2.00 bits per heavy atom. The number of hydrogen-bond donors (Lipinski definition) is 4. The number of ether oxygens (including phenoxy) is 1. The van der Waals surface area contributed by atoms with Crippen molar-refractivity contribution in [3.05, 3.63) is 43.9 Å². The molecule has 1 fully saturated rings. The number of aliphatic hydroxyl groups is 3. The van der Waals surface area contributed by atoms with E-state index in [1.54, 1.807) is 0 Å². The van der Waals surface area contributed by atoms with Crippen LogP contribution >= 0.6 is 11.6 Å². The lowest BCUT2D eigenvalue weighted by Crippen LogP contribution is -2.39. The maximum atomic E-state index is 12.5. The fourth-order valence-corrected chi connectivity index (χ4v) is 2.81. The van der Waals surface area contributed by atoms with Gasteiger partial charge in [0.1, 0.15) is 18.3 Å². The Bertz CT molecular complexity index is 831. The third-order valence-electron chi connectivity index (χ3n) is 3.68. The van der Waals surface area contributed by atoms with Crippen LogP contribution in [0.3, 0.4) is 0 Å². The molecule has 3 rings (SSSR count). The number of aromatic nitrogens is 2. The van der Waals surface area contributed by atoms with Crippen LogP contribution in [0.25, 0.3) is 10.8 Å². The number of aliphatic hydroxyl groups excluding tert-OH is 3. The molecule has 0 bridgehead atoms. The van der Waals surface area contributed by atoms with Gasteiger partial charge in [0, 0.05) is 0 Å². The molecule has 2 aromatic rings. The summed E-state index contributed by atoms with van der Waals surface area (Å²) in [6.07, 6.45) is -5.20. The van der Waals surface area contributed by atoms with Gasteiger partial charge >= 0.3 is 0 Å². The maximum absolute atomic E-state index is 12.5. The van der Waals surface area contributed by atoms with Crippen LogP contribution in [0.5, 0.6) is 0 Å². The van der Waals surface area contributed by atoms with Crippen molar-refractivity contribution in [1.82, 2.24) is 9.78 Å². The van der Waals surface area contributed by atoms with Crippen molar-refractivity contribution >= 4 is 22.4 Å². The highest BCUT2D eigenvalue weighted by Gasteiger charge is 2.44. The number of rotatable bonds is 2. The first-order valence-corrected chi connectivity index (χ1v) is 6.89. The smallest absolute Gasteiger partial charge is 0.275 e. The fourth-order valence-electron chi connectivity index (χ4n) is 2.55. The van der Waals surface area contributed by atoms with Crippen molar-refractivity contribution in [3.8, 4) is 0 Å². The van der Waals surface area contributed by atoms with E-state index in [-0.39, 0.29) is 15.8 Å². The van der Waals surface area contributed by atoms with E-state index >= 15 is 0 Å². The van der Waals surface area contributed by atoms with Crippen LogP contribution in [0.1, 0.15) is 6.23 Å². The number of fused-ring (bicyclic) bond motifs is 1. The van der Waals surface area contributed by atoms with Crippen molar-refractivity contribution in [2.75, 3.05) is 6.61 Å². The second-order valence-electron chi connectivity index (χ2n) is 5.01. The van der Waals surface area contributed by atoms with E-state index in [4.69, 9.17) is 21.4 Å². The number of nitrogens with zero attached hydrogens (tertiary/aromatic N) is 1. The van der Waals surface area contributed by atoms with Crippen LogP contribution in [-0.2, 0) is 4.74 Å². The summed E-state index contributed by atoms with van der Waals surface area (Å²) in [4.78, 5) is 24.6.